The number of carbonyl (C=O) groups is 1. The van der Waals surface area contributed by atoms with Crippen molar-refractivity contribution >= 4 is 34.4 Å². The van der Waals surface area contributed by atoms with Gasteiger partial charge in [-0.05, 0) is 24.3 Å². The number of anilines is 1. The summed E-state index contributed by atoms with van der Waals surface area (Å²) in [6.45, 7) is 0.391. The molecule has 25 heavy (non-hydrogen) atoms. The number of nitrogens with zero attached hydrogens (tertiary/aromatic N) is 4. The van der Waals surface area contributed by atoms with E-state index in [-0.39, 0.29) is 11.7 Å². The number of aromatic nitrogens is 2. The van der Waals surface area contributed by atoms with E-state index in [1.54, 1.807) is 4.90 Å². The third kappa shape index (κ3) is 3.83. The molecule has 0 aliphatic rings. The van der Waals surface area contributed by atoms with Crippen molar-refractivity contribution in [3.63, 3.8) is 0 Å². The Hall–Kier alpha value is -2.78. The Morgan fingerprint density at radius 3 is 2.64 bits per heavy atom. The van der Waals surface area contributed by atoms with Gasteiger partial charge >= 0.3 is 0 Å². The number of rotatable bonds is 6. The Kier molecular flexibility index (Phi) is 5.36. The normalized spacial score (nSPS) is 10.6. The standard InChI is InChI=1S/C19H18N4OS/c1-22-17-11-6-5-10-16(17)21-19(22)25-14-18(24)23(13-7-12-20)15-8-3-2-4-9-15/h2-6,8-11H,7,13-14H2,1H3. The van der Waals surface area contributed by atoms with Crippen LogP contribution in [0.1, 0.15) is 6.42 Å². The molecule has 1 heterocycles. The molecule has 2 aromatic carbocycles. The van der Waals surface area contributed by atoms with Gasteiger partial charge in [0.15, 0.2) is 5.16 Å². The first kappa shape index (κ1) is 17.1. The highest BCUT2D eigenvalue weighted by Crippen LogP contribution is 2.24. The van der Waals surface area contributed by atoms with Gasteiger partial charge in [-0.3, -0.25) is 4.79 Å². The number of fused-ring (bicyclic) bond motifs is 1. The number of benzene rings is 2. The Morgan fingerprint density at radius 2 is 1.92 bits per heavy atom. The van der Waals surface area contributed by atoms with Crippen LogP contribution in [0.15, 0.2) is 59.8 Å². The molecule has 0 bridgehead atoms. The smallest absolute Gasteiger partial charge is 0.237 e. The summed E-state index contributed by atoms with van der Waals surface area (Å²) in [6, 6.07) is 19.5. The van der Waals surface area contributed by atoms with Crippen LogP contribution in [0.3, 0.4) is 0 Å². The van der Waals surface area contributed by atoms with Crippen molar-refractivity contribution in [2.45, 2.75) is 11.6 Å². The Labute approximate surface area is 150 Å². The molecule has 0 aliphatic carbocycles. The Morgan fingerprint density at radius 1 is 1.20 bits per heavy atom. The van der Waals surface area contributed by atoms with Crippen molar-refractivity contribution in [3.8, 4) is 6.07 Å². The zero-order chi connectivity index (χ0) is 17.6. The quantitative estimate of drug-likeness (QED) is 0.637. The Bertz CT molecular complexity index is 914. The molecule has 0 spiro atoms. The molecule has 0 radical (unpaired) electrons. The summed E-state index contributed by atoms with van der Waals surface area (Å²) >= 11 is 1.42. The van der Waals surface area contributed by atoms with Crippen molar-refractivity contribution in [2.24, 2.45) is 7.05 Å². The van der Waals surface area contributed by atoms with Gasteiger partial charge in [-0.2, -0.15) is 5.26 Å². The van der Waals surface area contributed by atoms with Crippen molar-refractivity contribution in [2.75, 3.05) is 17.2 Å². The zero-order valence-corrected chi connectivity index (χ0v) is 14.7. The highest BCUT2D eigenvalue weighted by atomic mass is 32.2. The molecule has 0 fully saturated rings. The first-order chi connectivity index (χ1) is 12.2. The molecule has 5 nitrogen and oxygen atoms in total. The molecular weight excluding hydrogens is 332 g/mol. The van der Waals surface area contributed by atoms with Crippen LogP contribution in [0.25, 0.3) is 11.0 Å². The van der Waals surface area contributed by atoms with Crippen molar-refractivity contribution in [3.05, 3.63) is 54.6 Å². The second-order valence-corrected chi connectivity index (χ2v) is 6.46. The lowest BCUT2D eigenvalue weighted by Gasteiger charge is -2.21. The predicted octanol–water partition coefficient (Wildman–Crippen LogP) is 3.61. The number of nitriles is 1. The number of carbonyl (C=O) groups excluding carboxylic acids is 1. The monoisotopic (exact) mass is 350 g/mol. The highest BCUT2D eigenvalue weighted by Gasteiger charge is 2.17. The van der Waals surface area contributed by atoms with Crippen molar-refractivity contribution < 1.29 is 4.79 Å². The van der Waals surface area contributed by atoms with E-state index in [0.29, 0.717) is 13.0 Å². The topological polar surface area (TPSA) is 61.9 Å². The van der Waals surface area contributed by atoms with Gasteiger partial charge in [0, 0.05) is 19.3 Å². The van der Waals surface area contributed by atoms with Gasteiger partial charge in [0.2, 0.25) is 5.91 Å². The fourth-order valence-corrected chi connectivity index (χ4v) is 3.49. The summed E-state index contributed by atoms with van der Waals surface area (Å²) in [5, 5.41) is 9.67. The van der Waals surface area contributed by atoms with Crippen molar-refractivity contribution in [1.29, 1.82) is 5.26 Å². The number of thioether (sulfide) groups is 1. The molecule has 1 aromatic heterocycles. The number of hydrogen-bond donors (Lipinski definition) is 0. The van der Waals surface area contributed by atoms with Gasteiger partial charge in [-0.1, -0.05) is 42.1 Å². The molecule has 6 heteroatoms. The van der Waals surface area contributed by atoms with Crippen LogP contribution in [0.4, 0.5) is 5.69 Å². The van der Waals surface area contributed by atoms with Gasteiger partial charge in [0.05, 0.1) is 29.3 Å². The molecule has 3 aromatic rings. The third-order valence-electron chi connectivity index (χ3n) is 3.89. The molecule has 0 saturated carbocycles. The first-order valence-corrected chi connectivity index (χ1v) is 8.96. The van der Waals surface area contributed by atoms with Crippen LogP contribution >= 0.6 is 11.8 Å². The lowest BCUT2D eigenvalue weighted by molar-refractivity contribution is -0.116. The molecule has 126 valence electrons. The summed E-state index contributed by atoms with van der Waals surface area (Å²) in [7, 11) is 1.95. The van der Waals surface area contributed by atoms with E-state index in [4.69, 9.17) is 5.26 Å². The van der Waals surface area contributed by atoms with E-state index in [2.05, 4.69) is 11.1 Å². The summed E-state index contributed by atoms with van der Waals surface area (Å²) in [5.74, 6) is 0.246. The largest absolute Gasteiger partial charge is 0.322 e. The van der Waals surface area contributed by atoms with Crippen LogP contribution in [-0.4, -0.2) is 27.8 Å². The first-order valence-electron chi connectivity index (χ1n) is 7.97. The number of hydrogen-bond acceptors (Lipinski definition) is 4. The van der Waals surface area contributed by atoms with Gasteiger partial charge < -0.3 is 9.47 Å². The maximum absolute atomic E-state index is 12.7. The minimum Gasteiger partial charge on any atom is -0.322 e. The van der Waals surface area contributed by atoms with Crippen molar-refractivity contribution in [1.82, 2.24) is 9.55 Å². The molecule has 1 amide bonds. The van der Waals surface area contributed by atoms with Crippen LogP contribution in [0, 0.1) is 11.3 Å². The fraction of sp³-hybridized carbons (Fsp3) is 0.211. The molecule has 0 saturated heterocycles. The molecule has 0 aliphatic heterocycles. The van der Waals surface area contributed by atoms with Gasteiger partial charge in [0.1, 0.15) is 0 Å². The van der Waals surface area contributed by atoms with E-state index in [0.717, 1.165) is 21.9 Å². The second kappa shape index (κ2) is 7.86. The minimum atomic E-state index is -0.0292. The maximum atomic E-state index is 12.7. The van der Waals surface area contributed by atoms with Crippen LogP contribution < -0.4 is 4.90 Å². The zero-order valence-electron chi connectivity index (χ0n) is 13.9. The number of imidazole rings is 1. The van der Waals surface area contributed by atoms with E-state index in [1.807, 2.05) is 66.2 Å². The third-order valence-corrected chi connectivity index (χ3v) is 4.90. The van der Waals surface area contributed by atoms with Crippen LogP contribution in [0.5, 0.6) is 0 Å². The van der Waals surface area contributed by atoms with E-state index < -0.39 is 0 Å². The van der Waals surface area contributed by atoms with Crippen LogP contribution in [-0.2, 0) is 11.8 Å². The molecule has 3 rings (SSSR count). The highest BCUT2D eigenvalue weighted by molar-refractivity contribution is 7.99. The summed E-state index contributed by atoms with van der Waals surface area (Å²) in [4.78, 5) is 19.0. The predicted molar refractivity (Wildman–Crippen MR) is 100 cm³/mol. The summed E-state index contributed by atoms with van der Waals surface area (Å²) in [6.07, 6.45) is 0.303. The maximum Gasteiger partial charge on any atom is 0.237 e. The van der Waals surface area contributed by atoms with Gasteiger partial charge in [0.25, 0.3) is 0 Å². The van der Waals surface area contributed by atoms with E-state index in [9.17, 15) is 4.79 Å². The SMILES string of the molecule is Cn1c(SCC(=O)N(CCC#N)c2ccccc2)nc2ccccc21. The lowest BCUT2D eigenvalue weighted by atomic mass is 10.2. The van der Waals surface area contributed by atoms with E-state index >= 15 is 0 Å². The average Bonchev–Trinajstić information content (AvgIpc) is 2.97. The minimum absolute atomic E-state index is 0.0292. The average molecular weight is 350 g/mol. The fourth-order valence-electron chi connectivity index (χ4n) is 2.62. The van der Waals surface area contributed by atoms with Gasteiger partial charge in [-0.25, -0.2) is 4.98 Å². The molecule has 0 unspecified atom stereocenters. The number of amides is 1. The number of para-hydroxylation sites is 3. The Balaban J connectivity index is 1.74. The summed E-state index contributed by atoms with van der Waals surface area (Å²) in [5.41, 5.74) is 2.78. The van der Waals surface area contributed by atoms with E-state index in [1.165, 1.54) is 11.8 Å². The molecule has 0 atom stereocenters. The summed E-state index contributed by atoms with van der Waals surface area (Å²) < 4.78 is 2.00. The second-order valence-electron chi connectivity index (χ2n) is 5.52. The van der Waals surface area contributed by atoms with Crippen LogP contribution in [0.2, 0.25) is 0 Å². The van der Waals surface area contributed by atoms with Gasteiger partial charge in [-0.15, -0.1) is 0 Å². The molecule has 0 N–H and O–H groups in total. The number of aryl methyl sites for hydroxylation is 1. The molecular formula is C19H18N4OS. The lowest BCUT2D eigenvalue weighted by Crippen LogP contribution is -2.33.